The molecule has 0 spiro atoms. The molecular formula is C27H36N4O3S. The minimum Gasteiger partial charge on any atom is -0.497 e. The van der Waals surface area contributed by atoms with Crippen molar-refractivity contribution >= 4 is 41.3 Å². The molecule has 8 heteroatoms. The third-order valence-electron chi connectivity index (χ3n) is 5.86. The number of rotatable bonds is 9. The van der Waals surface area contributed by atoms with Crippen LogP contribution in [0, 0.1) is 5.92 Å². The van der Waals surface area contributed by atoms with E-state index in [4.69, 9.17) is 14.5 Å². The standard InChI is InChI=1S/C27H36N4O3S/c1-19(25(31(28-5)27(2,3)4)21-7-10-23(33-6)11-8-21)26-30-22(18-35-26)9-12-24(32)29-17-20-13-15-34-16-14-20/h7-12,18,20H,5,13-17H2,1-4,6H3,(H,29,32)/b12-9+,25-19+. The fourth-order valence-corrected chi connectivity index (χ4v) is 4.71. The first-order valence-electron chi connectivity index (χ1n) is 11.8. The molecule has 1 aliphatic rings. The van der Waals surface area contributed by atoms with E-state index in [0.29, 0.717) is 12.5 Å². The van der Waals surface area contributed by atoms with E-state index < -0.39 is 0 Å². The van der Waals surface area contributed by atoms with Crippen LogP contribution in [-0.2, 0) is 9.53 Å². The smallest absolute Gasteiger partial charge is 0.244 e. The van der Waals surface area contributed by atoms with E-state index in [-0.39, 0.29) is 11.4 Å². The van der Waals surface area contributed by atoms with Crippen LogP contribution in [-0.4, -0.2) is 55.0 Å². The molecule has 7 nitrogen and oxygen atoms in total. The Labute approximate surface area is 212 Å². The summed E-state index contributed by atoms with van der Waals surface area (Å²) >= 11 is 1.54. The maximum absolute atomic E-state index is 12.3. The lowest BCUT2D eigenvalue weighted by Crippen LogP contribution is -2.36. The van der Waals surface area contributed by atoms with Crippen molar-refractivity contribution in [3.8, 4) is 5.75 Å². The Morgan fingerprint density at radius 1 is 1.31 bits per heavy atom. The number of ether oxygens (including phenoxy) is 2. The van der Waals surface area contributed by atoms with Crippen molar-refractivity contribution in [1.82, 2.24) is 15.3 Å². The zero-order valence-corrected chi connectivity index (χ0v) is 22.2. The number of hydrogen-bond donors (Lipinski definition) is 1. The first-order valence-corrected chi connectivity index (χ1v) is 12.7. The summed E-state index contributed by atoms with van der Waals surface area (Å²) < 4.78 is 10.7. The quantitative estimate of drug-likeness (QED) is 0.289. The Balaban J connectivity index is 1.82. The fraction of sp³-hybridized carbons (Fsp3) is 0.444. The van der Waals surface area contributed by atoms with E-state index in [2.05, 4.69) is 37.9 Å². The number of methoxy groups -OCH3 is 1. The van der Waals surface area contributed by atoms with Crippen LogP contribution >= 0.6 is 11.3 Å². The van der Waals surface area contributed by atoms with Gasteiger partial charge in [0.2, 0.25) is 5.91 Å². The maximum atomic E-state index is 12.3. The lowest BCUT2D eigenvalue weighted by molar-refractivity contribution is -0.116. The van der Waals surface area contributed by atoms with Crippen molar-refractivity contribution in [1.29, 1.82) is 0 Å². The van der Waals surface area contributed by atoms with Gasteiger partial charge < -0.3 is 14.8 Å². The van der Waals surface area contributed by atoms with Crippen molar-refractivity contribution in [2.75, 3.05) is 26.9 Å². The second-order valence-corrected chi connectivity index (χ2v) is 10.4. The van der Waals surface area contributed by atoms with Gasteiger partial charge in [0.15, 0.2) is 0 Å². The molecule has 1 aromatic heterocycles. The van der Waals surface area contributed by atoms with E-state index in [1.165, 1.54) is 11.3 Å². The normalized spacial score (nSPS) is 15.6. The van der Waals surface area contributed by atoms with Crippen LogP contribution in [0.25, 0.3) is 17.3 Å². The molecule has 1 aromatic carbocycles. The average molecular weight is 497 g/mol. The van der Waals surface area contributed by atoms with Crippen molar-refractivity contribution < 1.29 is 14.3 Å². The van der Waals surface area contributed by atoms with Crippen molar-refractivity contribution in [3.63, 3.8) is 0 Å². The van der Waals surface area contributed by atoms with E-state index in [9.17, 15) is 4.79 Å². The van der Waals surface area contributed by atoms with Crippen LogP contribution < -0.4 is 10.1 Å². The molecule has 0 aliphatic carbocycles. The minimum atomic E-state index is -0.291. The molecule has 1 amide bonds. The number of allylic oxidation sites excluding steroid dienone is 1. The molecule has 1 saturated heterocycles. The van der Waals surface area contributed by atoms with E-state index in [1.54, 1.807) is 19.3 Å². The van der Waals surface area contributed by atoms with E-state index >= 15 is 0 Å². The van der Waals surface area contributed by atoms with Crippen molar-refractivity contribution in [2.24, 2.45) is 11.0 Å². The molecule has 1 N–H and O–H groups in total. The number of aromatic nitrogens is 1. The van der Waals surface area contributed by atoms with Gasteiger partial charge >= 0.3 is 0 Å². The highest BCUT2D eigenvalue weighted by molar-refractivity contribution is 7.11. The first-order chi connectivity index (χ1) is 16.7. The third kappa shape index (κ3) is 7.26. The molecule has 0 atom stereocenters. The van der Waals surface area contributed by atoms with Gasteiger partial charge in [0.05, 0.1) is 24.0 Å². The van der Waals surface area contributed by atoms with Crippen molar-refractivity contribution in [2.45, 2.75) is 46.1 Å². The zero-order valence-electron chi connectivity index (χ0n) is 21.3. The van der Waals surface area contributed by atoms with Gasteiger partial charge in [0.1, 0.15) is 10.8 Å². The lowest BCUT2D eigenvalue weighted by atomic mass is 10.0. The number of carbonyl (C=O) groups is 1. The van der Waals surface area contributed by atoms with Gasteiger partial charge in [-0.3, -0.25) is 9.80 Å². The molecule has 35 heavy (non-hydrogen) atoms. The number of amides is 1. The molecule has 0 bridgehead atoms. The topological polar surface area (TPSA) is 76.1 Å². The number of hydrazone groups is 1. The number of nitrogens with zero attached hydrogens (tertiary/aromatic N) is 3. The molecule has 1 aliphatic heterocycles. The monoisotopic (exact) mass is 496 g/mol. The fourth-order valence-electron chi connectivity index (χ4n) is 3.92. The first kappa shape index (κ1) is 26.6. The number of carbonyl (C=O) groups excluding carboxylic acids is 1. The van der Waals surface area contributed by atoms with Crippen LogP contribution in [0.4, 0.5) is 0 Å². The average Bonchev–Trinajstić information content (AvgIpc) is 3.33. The third-order valence-corrected chi connectivity index (χ3v) is 6.84. The summed E-state index contributed by atoms with van der Waals surface area (Å²) in [6.07, 6.45) is 5.29. The summed E-state index contributed by atoms with van der Waals surface area (Å²) in [4.78, 5) is 17.1. The van der Waals surface area contributed by atoms with Gasteiger partial charge in [-0.05, 0) is 76.8 Å². The van der Waals surface area contributed by atoms with Crippen molar-refractivity contribution in [3.05, 3.63) is 52.0 Å². The van der Waals surface area contributed by atoms with Gasteiger partial charge in [0.25, 0.3) is 0 Å². The zero-order chi connectivity index (χ0) is 25.4. The molecule has 188 valence electrons. The molecule has 0 radical (unpaired) electrons. The van der Waals surface area contributed by atoms with E-state index in [0.717, 1.165) is 59.3 Å². The second kappa shape index (κ2) is 12.1. The van der Waals surface area contributed by atoms with Crippen LogP contribution in [0.1, 0.15) is 56.8 Å². The summed E-state index contributed by atoms with van der Waals surface area (Å²) in [5, 5.41) is 12.1. The minimum absolute atomic E-state index is 0.105. The number of hydrogen-bond acceptors (Lipinski definition) is 7. The molecule has 2 aromatic rings. The number of nitrogens with one attached hydrogen (secondary N) is 1. The predicted molar refractivity (Wildman–Crippen MR) is 144 cm³/mol. The highest BCUT2D eigenvalue weighted by Gasteiger charge is 2.27. The van der Waals surface area contributed by atoms with Gasteiger partial charge in [-0.15, -0.1) is 11.3 Å². The molecule has 1 fully saturated rings. The molecule has 3 rings (SSSR count). The molecule has 2 heterocycles. The second-order valence-electron chi connectivity index (χ2n) is 9.54. The number of thiazole rings is 1. The predicted octanol–water partition coefficient (Wildman–Crippen LogP) is 5.31. The molecular weight excluding hydrogens is 460 g/mol. The highest BCUT2D eigenvalue weighted by atomic mass is 32.1. The Morgan fingerprint density at radius 2 is 2.00 bits per heavy atom. The SMILES string of the molecule is C=NN(/C(=C(\C)c1nc(/C=C/C(=O)NCC2CCOCC2)cs1)c1ccc(OC)cc1)C(C)(C)C. The Hall–Kier alpha value is -2.97. The maximum Gasteiger partial charge on any atom is 0.244 e. The summed E-state index contributed by atoms with van der Waals surface area (Å²) in [5.74, 6) is 1.17. The Kier molecular flexibility index (Phi) is 9.23. The number of benzene rings is 1. The highest BCUT2D eigenvalue weighted by Crippen LogP contribution is 2.36. The van der Waals surface area contributed by atoms with Crippen LogP contribution in [0.5, 0.6) is 5.75 Å². The summed E-state index contributed by atoms with van der Waals surface area (Å²) in [7, 11) is 1.65. The van der Waals surface area contributed by atoms with Crippen LogP contribution in [0.15, 0.2) is 40.8 Å². The lowest BCUT2D eigenvalue weighted by Gasteiger charge is -2.35. The summed E-state index contributed by atoms with van der Waals surface area (Å²) in [6.45, 7) is 14.4. The Morgan fingerprint density at radius 3 is 2.60 bits per heavy atom. The summed E-state index contributed by atoms with van der Waals surface area (Å²) in [5.41, 5.74) is 3.35. The summed E-state index contributed by atoms with van der Waals surface area (Å²) in [6, 6.07) is 7.89. The molecule has 0 unspecified atom stereocenters. The van der Waals surface area contributed by atoms with Gasteiger partial charge in [0, 0.05) is 49.1 Å². The van der Waals surface area contributed by atoms with E-state index in [1.807, 2.05) is 41.6 Å². The van der Waals surface area contributed by atoms with Crippen LogP contribution in [0.3, 0.4) is 0 Å². The van der Waals surface area contributed by atoms with Gasteiger partial charge in [-0.25, -0.2) is 4.98 Å². The van der Waals surface area contributed by atoms with Gasteiger partial charge in [-0.2, -0.15) is 5.10 Å². The largest absolute Gasteiger partial charge is 0.497 e. The Bertz CT molecular complexity index is 1060. The van der Waals surface area contributed by atoms with Crippen LogP contribution in [0.2, 0.25) is 0 Å². The van der Waals surface area contributed by atoms with Gasteiger partial charge in [-0.1, -0.05) is 0 Å². The molecule has 0 saturated carbocycles.